The number of rotatable bonds is 5. The number of nitrogens with zero attached hydrogens (tertiary/aromatic N) is 1. The summed E-state index contributed by atoms with van der Waals surface area (Å²) in [6, 6.07) is 11.2. The van der Waals surface area contributed by atoms with Crippen molar-refractivity contribution in [1.29, 1.82) is 0 Å². The molecular formula is C17H17NO2. The predicted octanol–water partition coefficient (Wildman–Crippen LogP) is 3.82. The van der Waals surface area contributed by atoms with Gasteiger partial charge in [-0.15, -0.1) is 0 Å². The second-order valence-electron chi connectivity index (χ2n) is 4.37. The number of pyridine rings is 1. The van der Waals surface area contributed by atoms with Crippen molar-refractivity contribution in [2.24, 2.45) is 0 Å². The Morgan fingerprint density at radius 3 is 2.25 bits per heavy atom. The van der Waals surface area contributed by atoms with Gasteiger partial charge in [-0.05, 0) is 41.8 Å². The molecule has 3 heteroatoms. The van der Waals surface area contributed by atoms with E-state index in [1.165, 1.54) is 0 Å². The number of hydrogen-bond acceptors (Lipinski definition) is 3. The lowest BCUT2D eigenvalue weighted by molar-refractivity contribution is 0.0505. The summed E-state index contributed by atoms with van der Waals surface area (Å²) >= 11 is 0. The van der Waals surface area contributed by atoms with Crippen LogP contribution >= 0.6 is 0 Å². The molecule has 0 aliphatic heterocycles. The molecule has 2 rings (SSSR count). The SMILES string of the molecule is CCCOC(=O)c1ccc(/C=C/c2ccncc2)cc1. The molecule has 0 N–H and O–H groups in total. The number of esters is 1. The molecule has 0 saturated heterocycles. The third-order valence-electron chi connectivity index (χ3n) is 2.76. The third kappa shape index (κ3) is 4.05. The predicted molar refractivity (Wildman–Crippen MR) is 80.2 cm³/mol. The van der Waals surface area contributed by atoms with Crippen LogP contribution < -0.4 is 0 Å². The highest BCUT2D eigenvalue weighted by molar-refractivity contribution is 5.89. The third-order valence-corrected chi connectivity index (χ3v) is 2.76. The second-order valence-corrected chi connectivity index (χ2v) is 4.37. The van der Waals surface area contributed by atoms with Crippen LogP contribution in [0.15, 0.2) is 48.8 Å². The molecule has 0 radical (unpaired) electrons. The first-order valence-electron chi connectivity index (χ1n) is 6.65. The highest BCUT2D eigenvalue weighted by Crippen LogP contribution is 2.10. The standard InChI is InChI=1S/C17H17NO2/c1-2-13-20-17(19)16-7-5-14(6-8-16)3-4-15-9-11-18-12-10-15/h3-12H,2,13H2,1H3/b4-3+. The van der Waals surface area contributed by atoms with Crippen LogP contribution in [0.25, 0.3) is 12.2 Å². The first kappa shape index (κ1) is 14.0. The molecule has 0 aliphatic rings. The molecule has 0 atom stereocenters. The minimum Gasteiger partial charge on any atom is -0.462 e. The van der Waals surface area contributed by atoms with Gasteiger partial charge in [0.15, 0.2) is 0 Å². The Morgan fingerprint density at radius 2 is 1.65 bits per heavy atom. The smallest absolute Gasteiger partial charge is 0.338 e. The van der Waals surface area contributed by atoms with Gasteiger partial charge in [0.05, 0.1) is 12.2 Å². The zero-order valence-corrected chi connectivity index (χ0v) is 11.5. The highest BCUT2D eigenvalue weighted by atomic mass is 16.5. The molecule has 0 bridgehead atoms. The number of benzene rings is 1. The summed E-state index contributed by atoms with van der Waals surface area (Å²) in [6.45, 7) is 2.43. The maximum Gasteiger partial charge on any atom is 0.338 e. The minimum atomic E-state index is -0.267. The van der Waals surface area contributed by atoms with E-state index in [1.54, 1.807) is 24.5 Å². The van der Waals surface area contributed by atoms with Crippen LogP contribution in [0.2, 0.25) is 0 Å². The van der Waals surface area contributed by atoms with E-state index in [4.69, 9.17) is 4.74 Å². The van der Waals surface area contributed by atoms with Gasteiger partial charge in [0.25, 0.3) is 0 Å². The van der Waals surface area contributed by atoms with Crippen molar-refractivity contribution < 1.29 is 9.53 Å². The number of carbonyl (C=O) groups excluding carboxylic acids is 1. The van der Waals surface area contributed by atoms with E-state index >= 15 is 0 Å². The number of hydrogen-bond donors (Lipinski definition) is 0. The van der Waals surface area contributed by atoms with Crippen molar-refractivity contribution in [1.82, 2.24) is 4.98 Å². The van der Waals surface area contributed by atoms with Gasteiger partial charge in [-0.25, -0.2) is 4.79 Å². The average molecular weight is 267 g/mol. The lowest BCUT2D eigenvalue weighted by Gasteiger charge is -2.03. The Balaban J connectivity index is 2.01. The minimum absolute atomic E-state index is 0.267. The molecule has 3 nitrogen and oxygen atoms in total. The summed E-state index contributed by atoms with van der Waals surface area (Å²) in [5.74, 6) is -0.267. The molecular weight excluding hydrogens is 250 g/mol. The molecule has 0 amide bonds. The summed E-state index contributed by atoms with van der Waals surface area (Å²) in [5, 5.41) is 0. The summed E-state index contributed by atoms with van der Waals surface area (Å²) < 4.78 is 5.08. The van der Waals surface area contributed by atoms with E-state index in [1.807, 2.05) is 43.3 Å². The lowest BCUT2D eigenvalue weighted by atomic mass is 10.1. The zero-order chi connectivity index (χ0) is 14.2. The zero-order valence-electron chi connectivity index (χ0n) is 11.5. The van der Waals surface area contributed by atoms with Gasteiger partial charge in [0, 0.05) is 12.4 Å². The molecule has 0 saturated carbocycles. The van der Waals surface area contributed by atoms with Crippen LogP contribution in [-0.2, 0) is 4.74 Å². The summed E-state index contributed by atoms with van der Waals surface area (Å²) in [4.78, 5) is 15.6. The van der Waals surface area contributed by atoms with E-state index in [0.717, 1.165) is 17.5 Å². The van der Waals surface area contributed by atoms with E-state index in [2.05, 4.69) is 4.98 Å². The van der Waals surface area contributed by atoms with Crippen LogP contribution in [0, 0.1) is 0 Å². The maximum absolute atomic E-state index is 11.6. The number of aromatic nitrogens is 1. The Kier molecular flexibility index (Phi) is 5.07. The summed E-state index contributed by atoms with van der Waals surface area (Å²) in [6.07, 6.45) is 8.35. The van der Waals surface area contributed by atoms with Crippen LogP contribution in [0.3, 0.4) is 0 Å². The van der Waals surface area contributed by atoms with E-state index in [-0.39, 0.29) is 5.97 Å². The molecule has 1 aromatic heterocycles. The molecule has 0 unspecified atom stereocenters. The molecule has 0 aliphatic carbocycles. The van der Waals surface area contributed by atoms with Crippen molar-refractivity contribution >= 4 is 18.1 Å². The fraction of sp³-hybridized carbons (Fsp3) is 0.176. The first-order valence-corrected chi connectivity index (χ1v) is 6.65. The van der Waals surface area contributed by atoms with Gasteiger partial charge >= 0.3 is 5.97 Å². The van der Waals surface area contributed by atoms with Gasteiger partial charge in [0.2, 0.25) is 0 Å². The van der Waals surface area contributed by atoms with E-state index in [0.29, 0.717) is 12.2 Å². The second kappa shape index (κ2) is 7.24. The van der Waals surface area contributed by atoms with Gasteiger partial charge < -0.3 is 4.74 Å². The summed E-state index contributed by atoms with van der Waals surface area (Å²) in [7, 11) is 0. The Bertz CT molecular complexity index is 574. The van der Waals surface area contributed by atoms with Gasteiger partial charge in [0.1, 0.15) is 0 Å². The topological polar surface area (TPSA) is 39.2 Å². The van der Waals surface area contributed by atoms with Crippen molar-refractivity contribution in [3.05, 3.63) is 65.5 Å². The molecule has 1 heterocycles. The molecule has 2 aromatic rings. The molecule has 0 spiro atoms. The van der Waals surface area contributed by atoms with Crippen molar-refractivity contribution in [2.45, 2.75) is 13.3 Å². The van der Waals surface area contributed by atoms with Crippen LogP contribution in [-0.4, -0.2) is 17.6 Å². The van der Waals surface area contributed by atoms with Crippen LogP contribution in [0.1, 0.15) is 34.8 Å². The Hall–Kier alpha value is -2.42. The average Bonchev–Trinajstić information content (AvgIpc) is 2.52. The van der Waals surface area contributed by atoms with Crippen LogP contribution in [0.5, 0.6) is 0 Å². The fourth-order valence-corrected chi connectivity index (χ4v) is 1.68. The maximum atomic E-state index is 11.6. The quantitative estimate of drug-likeness (QED) is 0.773. The van der Waals surface area contributed by atoms with Crippen molar-refractivity contribution in [3.8, 4) is 0 Å². The largest absolute Gasteiger partial charge is 0.462 e. The summed E-state index contributed by atoms with van der Waals surface area (Å²) in [5.41, 5.74) is 2.71. The molecule has 0 fully saturated rings. The lowest BCUT2D eigenvalue weighted by Crippen LogP contribution is -2.05. The number of ether oxygens (including phenoxy) is 1. The van der Waals surface area contributed by atoms with Gasteiger partial charge in [-0.1, -0.05) is 31.2 Å². The van der Waals surface area contributed by atoms with Crippen LogP contribution in [0.4, 0.5) is 0 Å². The molecule has 102 valence electrons. The van der Waals surface area contributed by atoms with E-state index in [9.17, 15) is 4.79 Å². The molecule has 20 heavy (non-hydrogen) atoms. The Labute approximate surface area is 118 Å². The van der Waals surface area contributed by atoms with Crippen molar-refractivity contribution in [2.75, 3.05) is 6.61 Å². The van der Waals surface area contributed by atoms with Gasteiger partial charge in [-0.3, -0.25) is 4.98 Å². The fourth-order valence-electron chi connectivity index (χ4n) is 1.68. The first-order chi connectivity index (χ1) is 9.79. The highest BCUT2D eigenvalue weighted by Gasteiger charge is 2.05. The molecule has 1 aromatic carbocycles. The Morgan fingerprint density at radius 1 is 1.05 bits per heavy atom. The monoisotopic (exact) mass is 267 g/mol. The number of carbonyl (C=O) groups is 1. The van der Waals surface area contributed by atoms with Crippen molar-refractivity contribution in [3.63, 3.8) is 0 Å². The van der Waals surface area contributed by atoms with Gasteiger partial charge in [-0.2, -0.15) is 0 Å². The van der Waals surface area contributed by atoms with E-state index < -0.39 is 0 Å². The normalized spacial score (nSPS) is 10.7.